The van der Waals surface area contributed by atoms with E-state index in [1.165, 1.54) is 18.4 Å². The molecule has 0 saturated carbocycles. The van der Waals surface area contributed by atoms with Crippen LogP contribution in [0.4, 0.5) is 5.69 Å². The fourth-order valence-corrected chi connectivity index (χ4v) is 2.88. The first kappa shape index (κ1) is 14.6. The number of carbonyl (C=O) groups excluding carboxylic acids is 1. The van der Waals surface area contributed by atoms with Crippen LogP contribution in [-0.4, -0.2) is 19.0 Å². The quantitative estimate of drug-likeness (QED) is 0.935. The summed E-state index contributed by atoms with van der Waals surface area (Å²) in [6.07, 6.45) is 2.42. The molecule has 1 aliphatic rings. The molecule has 1 fully saturated rings. The summed E-state index contributed by atoms with van der Waals surface area (Å²) in [6.45, 7) is 4.71. The number of nitrogens with zero attached hydrogens (tertiary/aromatic N) is 1. The van der Waals surface area contributed by atoms with Crippen molar-refractivity contribution in [1.82, 2.24) is 5.32 Å². The van der Waals surface area contributed by atoms with Gasteiger partial charge >= 0.3 is 0 Å². The Morgan fingerprint density at radius 1 is 1.05 bits per heavy atom. The van der Waals surface area contributed by atoms with Gasteiger partial charge in [0.15, 0.2) is 0 Å². The predicted octanol–water partition coefficient (Wildman–Crippen LogP) is 3.53. The Morgan fingerprint density at radius 3 is 2.45 bits per heavy atom. The molecule has 0 spiro atoms. The molecule has 3 nitrogen and oxygen atoms in total. The second-order valence-corrected chi connectivity index (χ2v) is 5.88. The molecule has 0 aliphatic carbocycles. The van der Waals surface area contributed by atoms with Gasteiger partial charge in [-0.2, -0.15) is 0 Å². The minimum absolute atomic E-state index is 0.00285. The molecule has 0 atom stereocenters. The van der Waals surface area contributed by atoms with Crippen molar-refractivity contribution in [2.45, 2.75) is 26.3 Å². The number of rotatable bonds is 4. The van der Waals surface area contributed by atoms with Crippen molar-refractivity contribution in [3.8, 4) is 0 Å². The van der Waals surface area contributed by atoms with Gasteiger partial charge in [0.1, 0.15) is 0 Å². The lowest BCUT2D eigenvalue weighted by molar-refractivity contribution is 0.0951. The molecule has 1 heterocycles. The molecule has 22 heavy (non-hydrogen) atoms. The SMILES string of the molecule is Cc1ccc(CNC(=O)c2ccccc2N2CCCC2)cc1. The van der Waals surface area contributed by atoms with Gasteiger partial charge in [-0.3, -0.25) is 4.79 Å². The van der Waals surface area contributed by atoms with Crippen LogP contribution in [0.3, 0.4) is 0 Å². The number of nitrogens with one attached hydrogen (secondary N) is 1. The normalized spacial score (nSPS) is 14.1. The van der Waals surface area contributed by atoms with Gasteiger partial charge in [0.25, 0.3) is 5.91 Å². The third-order valence-electron chi connectivity index (χ3n) is 4.17. The molecule has 2 aromatic rings. The van der Waals surface area contributed by atoms with Crippen LogP contribution >= 0.6 is 0 Å². The highest BCUT2D eigenvalue weighted by Crippen LogP contribution is 2.24. The molecule has 2 aromatic carbocycles. The Hall–Kier alpha value is -2.29. The zero-order valence-electron chi connectivity index (χ0n) is 13.0. The molecular formula is C19H22N2O. The second kappa shape index (κ2) is 6.65. The van der Waals surface area contributed by atoms with Crippen LogP contribution in [0.2, 0.25) is 0 Å². The van der Waals surface area contributed by atoms with Crippen molar-refractivity contribution in [3.63, 3.8) is 0 Å². The molecule has 3 rings (SSSR count). The van der Waals surface area contributed by atoms with Crippen LogP contribution in [0, 0.1) is 6.92 Å². The molecular weight excluding hydrogens is 272 g/mol. The first-order valence-electron chi connectivity index (χ1n) is 7.92. The van der Waals surface area contributed by atoms with Gasteiger partial charge in [-0.1, -0.05) is 42.0 Å². The Kier molecular flexibility index (Phi) is 4.42. The monoisotopic (exact) mass is 294 g/mol. The van der Waals surface area contributed by atoms with Gasteiger partial charge in [-0.05, 0) is 37.5 Å². The van der Waals surface area contributed by atoms with Crippen molar-refractivity contribution in [3.05, 3.63) is 65.2 Å². The third kappa shape index (κ3) is 3.30. The van der Waals surface area contributed by atoms with Crippen molar-refractivity contribution in [2.24, 2.45) is 0 Å². The van der Waals surface area contributed by atoms with E-state index in [1.807, 2.05) is 24.3 Å². The number of hydrogen-bond donors (Lipinski definition) is 1. The van der Waals surface area contributed by atoms with E-state index in [9.17, 15) is 4.79 Å². The summed E-state index contributed by atoms with van der Waals surface area (Å²) in [7, 11) is 0. The van der Waals surface area contributed by atoms with E-state index in [2.05, 4.69) is 41.4 Å². The molecule has 0 radical (unpaired) electrons. The summed E-state index contributed by atoms with van der Waals surface area (Å²) >= 11 is 0. The summed E-state index contributed by atoms with van der Waals surface area (Å²) in [5.74, 6) is 0.00285. The number of amides is 1. The van der Waals surface area contributed by atoms with Gasteiger partial charge in [0.05, 0.1) is 5.56 Å². The average molecular weight is 294 g/mol. The smallest absolute Gasteiger partial charge is 0.253 e. The summed E-state index contributed by atoms with van der Waals surface area (Å²) in [5.41, 5.74) is 4.19. The van der Waals surface area contributed by atoms with Crippen LogP contribution in [0.1, 0.15) is 34.3 Å². The van der Waals surface area contributed by atoms with Gasteiger partial charge < -0.3 is 10.2 Å². The number of anilines is 1. The second-order valence-electron chi connectivity index (χ2n) is 5.88. The summed E-state index contributed by atoms with van der Waals surface area (Å²) in [6, 6.07) is 16.2. The number of carbonyl (C=O) groups is 1. The van der Waals surface area contributed by atoms with Crippen LogP contribution in [0.25, 0.3) is 0 Å². The van der Waals surface area contributed by atoms with E-state index >= 15 is 0 Å². The van der Waals surface area contributed by atoms with E-state index in [0.29, 0.717) is 6.54 Å². The summed E-state index contributed by atoms with van der Waals surface area (Å²) in [4.78, 5) is 14.8. The molecule has 0 aromatic heterocycles. The number of aryl methyl sites for hydroxylation is 1. The van der Waals surface area contributed by atoms with Crippen molar-refractivity contribution >= 4 is 11.6 Å². The molecule has 3 heteroatoms. The minimum atomic E-state index is 0.00285. The van der Waals surface area contributed by atoms with E-state index in [-0.39, 0.29) is 5.91 Å². The molecule has 0 bridgehead atoms. The number of benzene rings is 2. The van der Waals surface area contributed by atoms with Gasteiger partial charge in [0, 0.05) is 25.3 Å². The molecule has 1 amide bonds. The summed E-state index contributed by atoms with van der Waals surface area (Å²) < 4.78 is 0. The average Bonchev–Trinajstić information content (AvgIpc) is 3.08. The number of hydrogen-bond acceptors (Lipinski definition) is 2. The lowest BCUT2D eigenvalue weighted by atomic mass is 10.1. The lowest BCUT2D eigenvalue weighted by Gasteiger charge is -2.20. The first-order valence-corrected chi connectivity index (χ1v) is 7.92. The Labute approximate surface area is 132 Å². The van der Waals surface area contributed by atoms with E-state index in [0.717, 1.165) is 29.9 Å². The Balaban J connectivity index is 1.70. The first-order chi connectivity index (χ1) is 10.7. The van der Waals surface area contributed by atoms with Crippen molar-refractivity contribution in [1.29, 1.82) is 0 Å². The highest BCUT2D eigenvalue weighted by Gasteiger charge is 2.18. The van der Waals surface area contributed by atoms with Crippen molar-refractivity contribution < 1.29 is 4.79 Å². The molecule has 114 valence electrons. The maximum absolute atomic E-state index is 12.5. The molecule has 1 aliphatic heterocycles. The van der Waals surface area contributed by atoms with E-state index in [4.69, 9.17) is 0 Å². The highest BCUT2D eigenvalue weighted by molar-refractivity contribution is 5.99. The Morgan fingerprint density at radius 2 is 1.73 bits per heavy atom. The molecule has 0 unspecified atom stereocenters. The van der Waals surface area contributed by atoms with Crippen LogP contribution in [0.5, 0.6) is 0 Å². The van der Waals surface area contributed by atoms with Crippen molar-refractivity contribution in [2.75, 3.05) is 18.0 Å². The minimum Gasteiger partial charge on any atom is -0.371 e. The number of para-hydroxylation sites is 1. The largest absolute Gasteiger partial charge is 0.371 e. The molecule has 1 saturated heterocycles. The fourth-order valence-electron chi connectivity index (χ4n) is 2.88. The fraction of sp³-hybridized carbons (Fsp3) is 0.316. The highest BCUT2D eigenvalue weighted by atomic mass is 16.1. The molecule has 1 N–H and O–H groups in total. The topological polar surface area (TPSA) is 32.3 Å². The van der Waals surface area contributed by atoms with Gasteiger partial charge in [-0.15, -0.1) is 0 Å². The summed E-state index contributed by atoms with van der Waals surface area (Å²) in [5, 5.41) is 3.03. The van der Waals surface area contributed by atoms with Crippen LogP contribution in [0.15, 0.2) is 48.5 Å². The maximum Gasteiger partial charge on any atom is 0.253 e. The zero-order valence-corrected chi connectivity index (χ0v) is 13.0. The van der Waals surface area contributed by atoms with Gasteiger partial charge in [0.2, 0.25) is 0 Å². The van der Waals surface area contributed by atoms with E-state index in [1.54, 1.807) is 0 Å². The van der Waals surface area contributed by atoms with Crippen LogP contribution in [-0.2, 0) is 6.54 Å². The zero-order chi connectivity index (χ0) is 15.4. The van der Waals surface area contributed by atoms with Gasteiger partial charge in [-0.25, -0.2) is 0 Å². The lowest BCUT2D eigenvalue weighted by Crippen LogP contribution is -2.27. The maximum atomic E-state index is 12.5. The van der Waals surface area contributed by atoms with E-state index < -0.39 is 0 Å². The third-order valence-corrected chi connectivity index (χ3v) is 4.17. The predicted molar refractivity (Wildman–Crippen MR) is 90.2 cm³/mol. The Bertz CT molecular complexity index is 643. The standard InChI is InChI=1S/C19H22N2O/c1-15-8-10-16(11-9-15)14-20-19(22)17-6-2-3-7-18(17)21-12-4-5-13-21/h2-3,6-11H,4-5,12-14H2,1H3,(H,20,22). The van der Waals surface area contributed by atoms with Crippen LogP contribution < -0.4 is 10.2 Å².